The lowest BCUT2D eigenvalue weighted by molar-refractivity contribution is -0.385. The molecule has 0 fully saturated rings. The highest BCUT2D eigenvalue weighted by Crippen LogP contribution is 2.27. The average molecular weight is 290 g/mol. The molecule has 110 valence electrons. The average Bonchev–Trinajstić information content (AvgIpc) is 2.48. The van der Waals surface area contributed by atoms with Crippen LogP contribution < -0.4 is 10.1 Å². The number of benzene rings is 2. The third-order valence-electron chi connectivity index (χ3n) is 3.09. The topological polar surface area (TPSA) is 64.4 Å². The number of halogens is 1. The Morgan fingerprint density at radius 2 is 2.05 bits per heavy atom. The fourth-order valence-corrected chi connectivity index (χ4v) is 1.95. The van der Waals surface area contributed by atoms with E-state index in [4.69, 9.17) is 4.74 Å². The van der Waals surface area contributed by atoms with Gasteiger partial charge in [-0.3, -0.25) is 10.1 Å². The summed E-state index contributed by atoms with van der Waals surface area (Å²) in [5, 5.41) is 14.1. The van der Waals surface area contributed by atoms with Gasteiger partial charge in [0.1, 0.15) is 5.82 Å². The van der Waals surface area contributed by atoms with Crippen molar-refractivity contribution in [2.75, 3.05) is 12.4 Å². The van der Waals surface area contributed by atoms with Gasteiger partial charge in [0.25, 0.3) is 0 Å². The predicted octanol–water partition coefficient (Wildman–Crippen LogP) is 3.66. The minimum absolute atomic E-state index is 0.0768. The lowest BCUT2D eigenvalue weighted by atomic mass is 10.1. The Labute approximate surface area is 121 Å². The van der Waals surface area contributed by atoms with Gasteiger partial charge in [0.15, 0.2) is 5.75 Å². The number of nitro benzene ring substituents is 1. The van der Waals surface area contributed by atoms with Gasteiger partial charge < -0.3 is 10.1 Å². The lowest BCUT2D eigenvalue weighted by Gasteiger charge is -2.09. The van der Waals surface area contributed by atoms with Gasteiger partial charge in [-0.05, 0) is 42.3 Å². The van der Waals surface area contributed by atoms with Crippen molar-refractivity contribution in [3.05, 3.63) is 63.5 Å². The first kappa shape index (κ1) is 14.8. The van der Waals surface area contributed by atoms with Crippen molar-refractivity contribution in [3.8, 4) is 5.75 Å². The van der Waals surface area contributed by atoms with Crippen LogP contribution in [0.25, 0.3) is 0 Å². The van der Waals surface area contributed by atoms with Crippen LogP contribution in [-0.4, -0.2) is 12.0 Å². The summed E-state index contributed by atoms with van der Waals surface area (Å²) in [6.07, 6.45) is 0. The van der Waals surface area contributed by atoms with Crippen LogP contribution in [0, 0.1) is 22.9 Å². The van der Waals surface area contributed by atoms with E-state index in [1.54, 1.807) is 31.2 Å². The van der Waals surface area contributed by atoms with Crippen molar-refractivity contribution in [1.29, 1.82) is 0 Å². The van der Waals surface area contributed by atoms with Crippen molar-refractivity contribution in [2.45, 2.75) is 13.5 Å². The molecule has 0 aliphatic heterocycles. The van der Waals surface area contributed by atoms with Crippen LogP contribution in [0.15, 0.2) is 36.4 Å². The largest absolute Gasteiger partial charge is 0.490 e. The van der Waals surface area contributed by atoms with E-state index >= 15 is 0 Å². The molecule has 6 heteroatoms. The summed E-state index contributed by atoms with van der Waals surface area (Å²) in [4.78, 5) is 10.5. The Hall–Kier alpha value is -2.63. The summed E-state index contributed by atoms with van der Waals surface area (Å²) in [5.41, 5.74) is 1.96. The molecular formula is C15H15FN2O3. The van der Waals surface area contributed by atoms with Gasteiger partial charge in [0.05, 0.1) is 12.0 Å². The number of rotatable bonds is 5. The third-order valence-corrected chi connectivity index (χ3v) is 3.09. The maximum absolute atomic E-state index is 13.2. The standard InChI is InChI=1S/C15H15FN2O3/c1-10-7-12(4-5-13(10)16)17-9-11-3-6-15(21-2)14(8-11)18(19)20/h3-8,17H,9H2,1-2H3. The quantitative estimate of drug-likeness (QED) is 0.674. The molecule has 0 radical (unpaired) electrons. The summed E-state index contributed by atoms with van der Waals surface area (Å²) in [7, 11) is 1.39. The van der Waals surface area contributed by atoms with E-state index < -0.39 is 4.92 Å². The molecular weight excluding hydrogens is 275 g/mol. The van der Waals surface area contributed by atoms with E-state index in [9.17, 15) is 14.5 Å². The van der Waals surface area contributed by atoms with Gasteiger partial charge >= 0.3 is 5.69 Å². The molecule has 0 saturated carbocycles. The second kappa shape index (κ2) is 6.21. The first-order chi connectivity index (χ1) is 10.0. The fraction of sp³-hybridized carbons (Fsp3) is 0.200. The molecule has 0 atom stereocenters. The number of hydrogen-bond acceptors (Lipinski definition) is 4. The number of ether oxygens (including phenoxy) is 1. The second-order valence-electron chi connectivity index (χ2n) is 4.58. The van der Waals surface area contributed by atoms with Crippen molar-refractivity contribution >= 4 is 11.4 Å². The molecule has 0 aromatic heterocycles. The second-order valence-corrected chi connectivity index (χ2v) is 4.58. The molecule has 0 aliphatic carbocycles. The monoisotopic (exact) mass is 290 g/mol. The van der Waals surface area contributed by atoms with Crippen molar-refractivity contribution in [1.82, 2.24) is 0 Å². The smallest absolute Gasteiger partial charge is 0.311 e. The Bertz CT molecular complexity index is 674. The van der Waals surface area contributed by atoms with Gasteiger partial charge in [-0.1, -0.05) is 6.07 Å². The molecule has 2 aromatic rings. The highest BCUT2D eigenvalue weighted by molar-refractivity contribution is 5.51. The van der Waals surface area contributed by atoms with Crippen molar-refractivity contribution in [3.63, 3.8) is 0 Å². The van der Waals surface area contributed by atoms with E-state index in [0.29, 0.717) is 12.1 Å². The summed E-state index contributed by atoms with van der Waals surface area (Å²) < 4.78 is 18.1. The number of anilines is 1. The van der Waals surface area contributed by atoms with Crippen LogP contribution >= 0.6 is 0 Å². The zero-order valence-electron chi connectivity index (χ0n) is 11.7. The van der Waals surface area contributed by atoms with E-state index in [-0.39, 0.29) is 17.3 Å². The fourth-order valence-electron chi connectivity index (χ4n) is 1.95. The third kappa shape index (κ3) is 3.47. The number of nitro groups is 1. The van der Waals surface area contributed by atoms with E-state index in [0.717, 1.165) is 11.3 Å². The number of aryl methyl sites for hydroxylation is 1. The Morgan fingerprint density at radius 1 is 1.29 bits per heavy atom. The zero-order valence-corrected chi connectivity index (χ0v) is 11.7. The van der Waals surface area contributed by atoms with Gasteiger partial charge in [-0.15, -0.1) is 0 Å². The summed E-state index contributed by atoms with van der Waals surface area (Å²) in [5.74, 6) is -0.0398. The normalized spacial score (nSPS) is 10.2. The molecule has 5 nitrogen and oxygen atoms in total. The summed E-state index contributed by atoms with van der Waals surface area (Å²) in [6, 6.07) is 9.46. The molecule has 0 saturated heterocycles. The SMILES string of the molecule is COc1ccc(CNc2ccc(F)c(C)c2)cc1[N+](=O)[O-]. The maximum atomic E-state index is 13.2. The van der Waals surface area contributed by atoms with E-state index in [1.807, 2.05) is 0 Å². The van der Waals surface area contributed by atoms with Crippen LogP contribution in [0.1, 0.15) is 11.1 Å². The molecule has 2 aromatic carbocycles. The first-order valence-corrected chi connectivity index (χ1v) is 6.32. The number of methoxy groups -OCH3 is 1. The molecule has 1 N–H and O–H groups in total. The Balaban J connectivity index is 2.14. The van der Waals surface area contributed by atoms with Crippen LogP contribution in [0.3, 0.4) is 0 Å². The highest BCUT2D eigenvalue weighted by atomic mass is 19.1. The molecule has 0 heterocycles. The molecule has 0 bridgehead atoms. The van der Waals surface area contributed by atoms with Crippen LogP contribution in [0.4, 0.5) is 15.8 Å². The van der Waals surface area contributed by atoms with Crippen LogP contribution in [-0.2, 0) is 6.54 Å². The van der Waals surface area contributed by atoms with Crippen molar-refractivity contribution in [2.24, 2.45) is 0 Å². The Kier molecular flexibility index (Phi) is 4.37. The minimum Gasteiger partial charge on any atom is -0.490 e. The predicted molar refractivity (Wildman–Crippen MR) is 78.1 cm³/mol. The van der Waals surface area contributed by atoms with Crippen LogP contribution in [0.2, 0.25) is 0 Å². The Morgan fingerprint density at radius 3 is 2.67 bits per heavy atom. The number of hydrogen-bond donors (Lipinski definition) is 1. The zero-order chi connectivity index (χ0) is 15.4. The summed E-state index contributed by atoms with van der Waals surface area (Å²) >= 11 is 0. The molecule has 0 spiro atoms. The van der Waals surface area contributed by atoms with Crippen molar-refractivity contribution < 1.29 is 14.1 Å². The number of nitrogens with zero attached hydrogens (tertiary/aromatic N) is 1. The molecule has 2 rings (SSSR count). The van der Waals surface area contributed by atoms with Gasteiger partial charge in [-0.2, -0.15) is 0 Å². The van der Waals surface area contributed by atoms with Gasteiger partial charge in [-0.25, -0.2) is 4.39 Å². The van der Waals surface area contributed by atoms with E-state index in [1.165, 1.54) is 19.2 Å². The van der Waals surface area contributed by atoms with Gasteiger partial charge in [0.2, 0.25) is 0 Å². The van der Waals surface area contributed by atoms with Crippen LogP contribution in [0.5, 0.6) is 5.75 Å². The molecule has 0 unspecified atom stereocenters. The summed E-state index contributed by atoms with van der Waals surface area (Å²) in [6.45, 7) is 2.08. The van der Waals surface area contributed by atoms with Gasteiger partial charge in [0, 0.05) is 18.3 Å². The molecule has 0 aliphatic rings. The number of nitrogens with one attached hydrogen (secondary N) is 1. The maximum Gasteiger partial charge on any atom is 0.311 e. The highest BCUT2D eigenvalue weighted by Gasteiger charge is 2.14. The first-order valence-electron chi connectivity index (χ1n) is 6.32. The molecule has 21 heavy (non-hydrogen) atoms. The minimum atomic E-state index is -0.482. The molecule has 0 amide bonds. The lowest BCUT2D eigenvalue weighted by Crippen LogP contribution is -2.02. The van der Waals surface area contributed by atoms with E-state index in [2.05, 4.69) is 5.32 Å².